The summed E-state index contributed by atoms with van der Waals surface area (Å²) in [7, 11) is 0. The van der Waals surface area contributed by atoms with Crippen LogP contribution in [0.1, 0.15) is 87.8 Å². The predicted octanol–water partition coefficient (Wildman–Crippen LogP) is 5.61. The van der Waals surface area contributed by atoms with Crippen molar-refractivity contribution in [1.82, 2.24) is 0 Å². The van der Waals surface area contributed by atoms with E-state index in [1.54, 1.807) is 6.08 Å². The van der Waals surface area contributed by atoms with E-state index in [2.05, 4.69) is 13.5 Å². The molecular weight excluding hydrogens is 312 g/mol. The number of aliphatic hydroxyl groups excluding tert-OH is 2. The maximum absolute atomic E-state index is 9.54. The largest absolute Gasteiger partial charge is 0.493 e. The normalized spacial score (nSPS) is 10.8. The van der Waals surface area contributed by atoms with Crippen molar-refractivity contribution in [3.05, 3.63) is 35.4 Å². The summed E-state index contributed by atoms with van der Waals surface area (Å²) in [6, 6.07) is 3.72. The van der Waals surface area contributed by atoms with Gasteiger partial charge in [0.1, 0.15) is 5.75 Å². The molecule has 0 aliphatic rings. The topological polar surface area (TPSA) is 49.7 Å². The smallest absolute Gasteiger partial charge is 0.130 e. The minimum atomic E-state index is -0.0952. The second kappa shape index (κ2) is 13.9. The lowest BCUT2D eigenvalue weighted by Gasteiger charge is -2.15. The monoisotopic (exact) mass is 348 g/mol. The summed E-state index contributed by atoms with van der Waals surface area (Å²) >= 11 is 0. The molecule has 0 aromatic heterocycles. The van der Waals surface area contributed by atoms with Crippen molar-refractivity contribution in [2.75, 3.05) is 6.61 Å². The highest BCUT2D eigenvalue weighted by Crippen LogP contribution is 2.27. The Morgan fingerprint density at radius 2 is 1.32 bits per heavy atom. The van der Waals surface area contributed by atoms with Gasteiger partial charge in [-0.05, 0) is 24.1 Å². The number of hydrogen-bond donors (Lipinski definition) is 2. The van der Waals surface area contributed by atoms with Crippen LogP contribution < -0.4 is 4.74 Å². The fourth-order valence-electron chi connectivity index (χ4n) is 3.08. The number of rotatable bonds is 15. The fraction of sp³-hybridized carbons (Fsp3) is 0.636. The molecule has 0 bridgehead atoms. The van der Waals surface area contributed by atoms with Crippen molar-refractivity contribution >= 4 is 6.08 Å². The molecule has 0 saturated heterocycles. The average molecular weight is 349 g/mol. The van der Waals surface area contributed by atoms with E-state index in [1.165, 1.54) is 57.8 Å². The molecule has 2 N–H and O–H groups in total. The first-order valence-corrected chi connectivity index (χ1v) is 9.89. The van der Waals surface area contributed by atoms with Crippen molar-refractivity contribution in [3.8, 4) is 5.75 Å². The highest BCUT2D eigenvalue weighted by Gasteiger charge is 2.10. The molecule has 3 nitrogen and oxygen atoms in total. The van der Waals surface area contributed by atoms with Gasteiger partial charge in [0.15, 0.2) is 0 Å². The Bertz CT molecular complexity index is 457. The standard InChI is InChI=1S/C22H36O3/c1-3-5-6-7-8-9-10-11-12-13-14-25-22-20(17-23)15-19(4-2)16-21(22)18-24/h4,15-16,23-24H,2-3,5-14,17-18H2,1H3. The van der Waals surface area contributed by atoms with Crippen molar-refractivity contribution in [1.29, 1.82) is 0 Å². The average Bonchev–Trinajstić information content (AvgIpc) is 2.65. The van der Waals surface area contributed by atoms with E-state index in [9.17, 15) is 10.2 Å². The Labute approximate surface area is 153 Å². The summed E-state index contributed by atoms with van der Waals surface area (Å²) in [5.41, 5.74) is 2.32. The van der Waals surface area contributed by atoms with Gasteiger partial charge >= 0.3 is 0 Å². The Morgan fingerprint density at radius 3 is 1.76 bits per heavy atom. The second-order valence-corrected chi connectivity index (χ2v) is 6.72. The van der Waals surface area contributed by atoms with E-state index >= 15 is 0 Å². The molecular formula is C22H36O3. The van der Waals surface area contributed by atoms with E-state index in [4.69, 9.17) is 4.74 Å². The molecule has 0 heterocycles. The van der Waals surface area contributed by atoms with E-state index in [-0.39, 0.29) is 13.2 Å². The Hall–Kier alpha value is -1.32. The van der Waals surface area contributed by atoms with Gasteiger partial charge in [0.25, 0.3) is 0 Å². The van der Waals surface area contributed by atoms with Crippen LogP contribution in [-0.4, -0.2) is 16.8 Å². The van der Waals surface area contributed by atoms with Gasteiger partial charge in [-0.3, -0.25) is 0 Å². The number of aliphatic hydroxyl groups is 2. The van der Waals surface area contributed by atoms with Gasteiger partial charge in [0, 0.05) is 11.1 Å². The summed E-state index contributed by atoms with van der Waals surface area (Å²) < 4.78 is 5.87. The van der Waals surface area contributed by atoms with Crippen LogP contribution in [0.3, 0.4) is 0 Å². The highest BCUT2D eigenvalue weighted by molar-refractivity contribution is 5.55. The number of benzene rings is 1. The van der Waals surface area contributed by atoms with E-state index in [0.717, 1.165) is 12.0 Å². The zero-order chi connectivity index (χ0) is 18.3. The first kappa shape index (κ1) is 21.7. The van der Waals surface area contributed by atoms with Gasteiger partial charge < -0.3 is 14.9 Å². The molecule has 3 heteroatoms. The van der Waals surface area contributed by atoms with Crippen LogP contribution in [0.2, 0.25) is 0 Å². The lowest BCUT2D eigenvalue weighted by molar-refractivity contribution is 0.244. The molecule has 0 aliphatic heterocycles. The lowest BCUT2D eigenvalue weighted by Crippen LogP contribution is -2.04. The van der Waals surface area contributed by atoms with Crippen molar-refractivity contribution in [2.24, 2.45) is 0 Å². The van der Waals surface area contributed by atoms with Gasteiger partial charge in [0.2, 0.25) is 0 Å². The van der Waals surface area contributed by atoms with Crippen molar-refractivity contribution in [3.63, 3.8) is 0 Å². The number of hydrogen-bond acceptors (Lipinski definition) is 3. The molecule has 0 unspecified atom stereocenters. The molecule has 0 atom stereocenters. The second-order valence-electron chi connectivity index (χ2n) is 6.72. The summed E-state index contributed by atoms with van der Waals surface area (Å²) in [4.78, 5) is 0. The van der Waals surface area contributed by atoms with Crippen LogP contribution in [0.25, 0.3) is 6.08 Å². The summed E-state index contributed by atoms with van der Waals surface area (Å²) in [5.74, 6) is 0.631. The Kier molecular flexibility index (Phi) is 12.1. The van der Waals surface area contributed by atoms with Crippen LogP contribution in [-0.2, 0) is 13.2 Å². The van der Waals surface area contributed by atoms with Crippen LogP contribution in [0.15, 0.2) is 18.7 Å². The summed E-state index contributed by atoms with van der Waals surface area (Å²) in [5, 5.41) is 19.1. The predicted molar refractivity (Wildman–Crippen MR) is 106 cm³/mol. The Balaban J connectivity index is 2.24. The molecule has 25 heavy (non-hydrogen) atoms. The third-order valence-corrected chi connectivity index (χ3v) is 4.59. The van der Waals surface area contributed by atoms with Crippen LogP contribution >= 0.6 is 0 Å². The number of ether oxygens (including phenoxy) is 1. The molecule has 0 aliphatic carbocycles. The van der Waals surface area contributed by atoms with Crippen LogP contribution in [0, 0.1) is 0 Å². The fourth-order valence-corrected chi connectivity index (χ4v) is 3.08. The highest BCUT2D eigenvalue weighted by atomic mass is 16.5. The molecule has 142 valence electrons. The minimum Gasteiger partial charge on any atom is -0.493 e. The first-order valence-electron chi connectivity index (χ1n) is 9.89. The molecule has 1 aromatic carbocycles. The zero-order valence-corrected chi connectivity index (χ0v) is 15.9. The molecule has 0 radical (unpaired) electrons. The molecule has 0 saturated carbocycles. The molecule has 1 rings (SSSR count). The van der Waals surface area contributed by atoms with Crippen molar-refractivity contribution < 1.29 is 14.9 Å². The third-order valence-electron chi connectivity index (χ3n) is 4.59. The minimum absolute atomic E-state index is 0.0952. The molecule has 1 aromatic rings. The maximum Gasteiger partial charge on any atom is 0.130 e. The van der Waals surface area contributed by atoms with E-state index in [1.807, 2.05) is 12.1 Å². The SMILES string of the molecule is C=Cc1cc(CO)c(OCCCCCCCCCCCC)c(CO)c1. The first-order chi connectivity index (χ1) is 12.3. The lowest BCUT2D eigenvalue weighted by atomic mass is 10.0. The van der Waals surface area contributed by atoms with Gasteiger partial charge in [-0.1, -0.05) is 77.4 Å². The van der Waals surface area contributed by atoms with E-state index < -0.39 is 0 Å². The van der Waals surface area contributed by atoms with Crippen molar-refractivity contribution in [2.45, 2.75) is 84.3 Å². The van der Waals surface area contributed by atoms with Gasteiger partial charge in [-0.15, -0.1) is 0 Å². The number of unbranched alkanes of at least 4 members (excludes halogenated alkanes) is 9. The Morgan fingerprint density at radius 1 is 0.840 bits per heavy atom. The van der Waals surface area contributed by atoms with Gasteiger partial charge in [-0.2, -0.15) is 0 Å². The van der Waals surface area contributed by atoms with Gasteiger partial charge in [-0.25, -0.2) is 0 Å². The summed E-state index contributed by atoms with van der Waals surface area (Å²) in [6.45, 7) is 6.43. The molecule has 0 fully saturated rings. The molecule has 0 amide bonds. The maximum atomic E-state index is 9.54. The zero-order valence-electron chi connectivity index (χ0n) is 15.9. The third kappa shape index (κ3) is 8.55. The molecule has 0 spiro atoms. The van der Waals surface area contributed by atoms with E-state index in [0.29, 0.717) is 23.5 Å². The summed E-state index contributed by atoms with van der Waals surface area (Å²) in [6.07, 6.45) is 14.6. The van der Waals surface area contributed by atoms with Gasteiger partial charge in [0.05, 0.1) is 19.8 Å². The van der Waals surface area contributed by atoms with Crippen LogP contribution in [0.5, 0.6) is 5.75 Å². The quantitative estimate of drug-likeness (QED) is 0.405. The van der Waals surface area contributed by atoms with Crippen LogP contribution in [0.4, 0.5) is 0 Å².